The molecule has 2 aromatic carbocycles. The van der Waals surface area contributed by atoms with Crippen LogP contribution in [-0.4, -0.2) is 21.7 Å². The Balaban J connectivity index is 1.91. The van der Waals surface area contributed by atoms with Crippen LogP contribution in [0.15, 0.2) is 42.6 Å². The molecule has 9 heteroatoms. The number of alkyl halides is 2. The zero-order valence-corrected chi connectivity index (χ0v) is 11.4. The molecule has 0 amide bonds. The summed E-state index contributed by atoms with van der Waals surface area (Å²) in [7, 11) is 0. The number of ether oxygens (including phenoxy) is 2. The van der Waals surface area contributed by atoms with E-state index in [-0.39, 0.29) is 5.75 Å². The number of benzene rings is 2. The van der Waals surface area contributed by atoms with Gasteiger partial charge in [0.25, 0.3) is 0 Å². The minimum atomic E-state index is -3.18. The second kappa shape index (κ2) is 5.87. The topological polar surface area (TPSA) is 90.3 Å². The molecule has 0 unspecified atom stereocenters. The number of fused-ring (bicyclic) bond motifs is 1. The molecule has 7 nitrogen and oxygen atoms in total. The van der Waals surface area contributed by atoms with E-state index in [4.69, 9.17) is 4.74 Å². The van der Waals surface area contributed by atoms with Gasteiger partial charge in [-0.3, -0.25) is 15.2 Å². The molecule has 3 aromatic rings. The summed E-state index contributed by atoms with van der Waals surface area (Å²) >= 11 is 0. The zero-order valence-electron chi connectivity index (χ0n) is 11.4. The van der Waals surface area contributed by atoms with Crippen LogP contribution in [-0.2, 0) is 0 Å². The first-order chi connectivity index (χ1) is 11.0. The summed E-state index contributed by atoms with van der Waals surface area (Å²) in [6.45, 7) is -3.18. The number of nitro benzene ring substituents is 1. The Kier molecular flexibility index (Phi) is 3.75. The van der Waals surface area contributed by atoms with Crippen LogP contribution in [0.2, 0.25) is 0 Å². The van der Waals surface area contributed by atoms with Gasteiger partial charge in [0.2, 0.25) is 5.75 Å². The number of nitrogens with zero attached hydrogens (tertiary/aromatic N) is 2. The Morgan fingerprint density at radius 2 is 1.91 bits per heavy atom. The molecule has 0 atom stereocenters. The maximum Gasteiger partial charge on any atom is 0.387 e. The number of hydrogen-bond acceptors (Lipinski definition) is 5. The molecule has 0 spiro atoms. The molecular weight excluding hydrogens is 312 g/mol. The van der Waals surface area contributed by atoms with Gasteiger partial charge in [0.15, 0.2) is 0 Å². The van der Waals surface area contributed by atoms with Gasteiger partial charge in [0.05, 0.1) is 16.6 Å². The van der Waals surface area contributed by atoms with Crippen molar-refractivity contribution in [1.82, 2.24) is 10.2 Å². The minimum Gasteiger partial charge on any atom is -0.457 e. The number of aromatic nitrogens is 2. The molecule has 0 saturated heterocycles. The SMILES string of the molecule is O=[N+]([O-])c1ccc(Oc2ccc3cn[nH]c3c2)cc1OC(F)F. The Morgan fingerprint density at radius 1 is 1.17 bits per heavy atom. The average molecular weight is 321 g/mol. The summed E-state index contributed by atoms with van der Waals surface area (Å²) in [5, 5.41) is 18.3. The van der Waals surface area contributed by atoms with E-state index >= 15 is 0 Å². The fraction of sp³-hybridized carbons (Fsp3) is 0.0714. The van der Waals surface area contributed by atoms with Gasteiger partial charge in [-0.25, -0.2) is 0 Å². The highest BCUT2D eigenvalue weighted by Crippen LogP contribution is 2.34. The largest absolute Gasteiger partial charge is 0.457 e. The highest BCUT2D eigenvalue weighted by atomic mass is 19.3. The highest BCUT2D eigenvalue weighted by molar-refractivity contribution is 5.79. The van der Waals surface area contributed by atoms with Crippen molar-refractivity contribution in [1.29, 1.82) is 0 Å². The summed E-state index contributed by atoms with van der Waals surface area (Å²) in [5.41, 5.74) is 0.162. The van der Waals surface area contributed by atoms with E-state index in [9.17, 15) is 18.9 Å². The van der Waals surface area contributed by atoms with Crippen LogP contribution in [0.25, 0.3) is 10.9 Å². The zero-order chi connectivity index (χ0) is 16.4. The fourth-order valence-corrected chi connectivity index (χ4v) is 2.01. The molecule has 23 heavy (non-hydrogen) atoms. The number of aromatic amines is 1. The van der Waals surface area contributed by atoms with E-state index in [0.717, 1.165) is 23.0 Å². The van der Waals surface area contributed by atoms with Crippen molar-refractivity contribution in [3.05, 3.63) is 52.7 Å². The Hall–Kier alpha value is -3.23. The standard InChI is InChI=1S/C14H9F2N3O4/c15-14(16)23-13-6-10(3-4-12(13)19(20)21)22-9-2-1-8-7-17-18-11(8)5-9/h1-7,14H,(H,17,18). The third-order valence-electron chi connectivity index (χ3n) is 2.99. The van der Waals surface area contributed by atoms with Crippen molar-refractivity contribution in [3.8, 4) is 17.2 Å². The van der Waals surface area contributed by atoms with Crippen LogP contribution in [0.4, 0.5) is 14.5 Å². The van der Waals surface area contributed by atoms with Crippen LogP contribution in [0, 0.1) is 10.1 Å². The molecule has 0 aliphatic heterocycles. The summed E-state index contributed by atoms with van der Waals surface area (Å²) < 4.78 is 34.4. The third-order valence-corrected chi connectivity index (χ3v) is 2.99. The van der Waals surface area contributed by atoms with Crippen molar-refractivity contribution in [3.63, 3.8) is 0 Å². The number of hydrogen-bond donors (Lipinski definition) is 1. The predicted octanol–water partition coefficient (Wildman–Crippen LogP) is 3.86. The van der Waals surface area contributed by atoms with Gasteiger partial charge in [-0.1, -0.05) is 0 Å². The van der Waals surface area contributed by atoms with Crippen molar-refractivity contribution in [2.24, 2.45) is 0 Å². The van der Waals surface area contributed by atoms with Gasteiger partial charge in [-0.15, -0.1) is 0 Å². The van der Waals surface area contributed by atoms with E-state index < -0.39 is 23.0 Å². The van der Waals surface area contributed by atoms with Gasteiger partial charge in [-0.05, 0) is 18.2 Å². The number of halogens is 2. The summed E-state index contributed by atoms with van der Waals surface area (Å²) in [5.74, 6) is -0.0196. The van der Waals surface area contributed by atoms with Crippen LogP contribution < -0.4 is 9.47 Å². The lowest BCUT2D eigenvalue weighted by Gasteiger charge is -2.09. The van der Waals surface area contributed by atoms with E-state index in [1.807, 2.05) is 0 Å². The maximum absolute atomic E-state index is 12.4. The smallest absolute Gasteiger partial charge is 0.387 e. The van der Waals surface area contributed by atoms with E-state index in [0.29, 0.717) is 5.75 Å². The molecule has 0 bridgehead atoms. The number of nitro groups is 1. The van der Waals surface area contributed by atoms with Gasteiger partial charge in [-0.2, -0.15) is 13.9 Å². The lowest BCUT2D eigenvalue weighted by molar-refractivity contribution is -0.386. The molecule has 0 saturated carbocycles. The minimum absolute atomic E-state index is 0.130. The summed E-state index contributed by atoms with van der Waals surface area (Å²) in [4.78, 5) is 10.0. The molecule has 1 heterocycles. The molecule has 1 N–H and O–H groups in total. The van der Waals surface area contributed by atoms with Crippen LogP contribution in [0.5, 0.6) is 17.2 Å². The van der Waals surface area contributed by atoms with E-state index in [1.165, 1.54) is 6.07 Å². The quantitative estimate of drug-likeness (QED) is 0.569. The van der Waals surface area contributed by atoms with Crippen molar-refractivity contribution < 1.29 is 23.2 Å². The van der Waals surface area contributed by atoms with Crippen molar-refractivity contribution >= 4 is 16.6 Å². The molecule has 0 aliphatic rings. The second-order valence-electron chi connectivity index (χ2n) is 4.49. The van der Waals surface area contributed by atoms with Gasteiger partial charge in [0.1, 0.15) is 11.5 Å². The van der Waals surface area contributed by atoms with Crippen LogP contribution in [0.1, 0.15) is 0 Å². The normalized spacial score (nSPS) is 10.9. The number of rotatable bonds is 5. The fourth-order valence-electron chi connectivity index (χ4n) is 2.01. The lowest BCUT2D eigenvalue weighted by atomic mass is 10.2. The number of H-pyrrole nitrogens is 1. The second-order valence-corrected chi connectivity index (χ2v) is 4.49. The first kappa shape index (κ1) is 14.7. The first-order valence-electron chi connectivity index (χ1n) is 6.37. The molecule has 0 fully saturated rings. The van der Waals surface area contributed by atoms with Gasteiger partial charge < -0.3 is 9.47 Å². The van der Waals surface area contributed by atoms with Gasteiger partial charge >= 0.3 is 12.3 Å². The summed E-state index contributed by atoms with van der Waals surface area (Å²) in [6, 6.07) is 8.47. The van der Waals surface area contributed by atoms with Crippen LogP contribution >= 0.6 is 0 Å². The van der Waals surface area contributed by atoms with E-state index in [1.54, 1.807) is 24.4 Å². The highest BCUT2D eigenvalue weighted by Gasteiger charge is 2.19. The van der Waals surface area contributed by atoms with Gasteiger partial charge in [0, 0.05) is 23.6 Å². The van der Waals surface area contributed by atoms with Crippen LogP contribution in [0.3, 0.4) is 0 Å². The molecular formula is C14H9F2N3O4. The predicted molar refractivity (Wildman–Crippen MR) is 75.9 cm³/mol. The number of nitrogens with one attached hydrogen (secondary N) is 1. The summed E-state index contributed by atoms with van der Waals surface area (Å²) in [6.07, 6.45) is 1.64. The van der Waals surface area contributed by atoms with Crippen molar-refractivity contribution in [2.45, 2.75) is 6.61 Å². The van der Waals surface area contributed by atoms with E-state index in [2.05, 4.69) is 14.9 Å². The maximum atomic E-state index is 12.4. The third kappa shape index (κ3) is 3.18. The molecule has 1 aromatic heterocycles. The van der Waals surface area contributed by atoms with Crippen molar-refractivity contribution in [2.75, 3.05) is 0 Å². The first-order valence-corrected chi connectivity index (χ1v) is 6.37. The lowest BCUT2D eigenvalue weighted by Crippen LogP contribution is -2.04. The Bertz CT molecular complexity index is 866. The Labute approximate surface area is 127 Å². The molecule has 0 aliphatic carbocycles. The monoisotopic (exact) mass is 321 g/mol. The molecule has 118 valence electrons. The Morgan fingerprint density at radius 3 is 2.65 bits per heavy atom. The molecule has 0 radical (unpaired) electrons. The molecule has 3 rings (SSSR count). The average Bonchev–Trinajstić information content (AvgIpc) is 2.94.